The van der Waals surface area contributed by atoms with Crippen LogP contribution in [0.5, 0.6) is 5.75 Å². The van der Waals surface area contributed by atoms with Crippen LogP contribution in [0.15, 0.2) is 42.5 Å². The van der Waals surface area contributed by atoms with E-state index in [1.165, 1.54) is 24.0 Å². The second-order valence-corrected chi connectivity index (χ2v) is 6.01. The molecule has 1 aliphatic rings. The van der Waals surface area contributed by atoms with Gasteiger partial charge < -0.3 is 10.1 Å². The van der Waals surface area contributed by atoms with E-state index in [9.17, 15) is 0 Å². The fraction of sp³-hybridized carbons (Fsp3) is 0.333. The summed E-state index contributed by atoms with van der Waals surface area (Å²) in [6.07, 6.45) is 2.56. The lowest BCUT2D eigenvalue weighted by molar-refractivity contribution is 0.301. The normalized spacial score (nSPS) is 14.2. The molecule has 0 spiro atoms. The lowest BCUT2D eigenvalue weighted by Crippen LogP contribution is -2.16. The topological polar surface area (TPSA) is 21.3 Å². The zero-order valence-electron chi connectivity index (χ0n) is 12.2. The zero-order valence-corrected chi connectivity index (χ0v) is 13.0. The SMILES string of the molecule is Cc1ccccc1COc1c(Cl)cccc1CNC1CC1. The largest absolute Gasteiger partial charge is 0.487 e. The van der Waals surface area contributed by atoms with Gasteiger partial charge in [-0.25, -0.2) is 0 Å². The summed E-state index contributed by atoms with van der Waals surface area (Å²) in [7, 11) is 0. The van der Waals surface area contributed by atoms with Crippen molar-refractivity contribution in [1.82, 2.24) is 5.32 Å². The summed E-state index contributed by atoms with van der Waals surface area (Å²) in [5.41, 5.74) is 3.56. The molecule has 3 heteroatoms. The summed E-state index contributed by atoms with van der Waals surface area (Å²) in [6.45, 7) is 3.46. The minimum atomic E-state index is 0.548. The molecule has 3 rings (SSSR count). The molecule has 0 bridgehead atoms. The van der Waals surface area contributed by atoms with Crippen LogP contribution >= 0.6 is 11.6 Å². The first-order chi connectivity index (χ1) is 10.2. The van der Waals surface area contributed by atoms with E-state index in [2.05, 4.69) is 30.4 Å². The fourth-order valence-corrected chi connectivity index (χ4v) is 2.57. The van der Waals surface area contributed by atoms with E-state index in [4.69, 9.17) is 16.3 Å². The van der Waals surface area contributed by atoms with Crippen molar-refractivity contribution in [2.75, 3.05) is 0 Å². The van der Waals surface area contributed by atoms with Crippen LogP contribution in [-0.4, -0.2) is 6.04 Å². The molecule has 0 heterocycles. The van der Waals surface area contributed by atoms with Gasteiger partial charge in [0.1, 0.15) is 12.4 Å². The minimum Gasteiger partial charge on any atom is -0.487 e. The third kappa shape index (κ3) is 3.78. The van der Waals surface area contributed by atoms with Gasteiger partial charge in [0.15, 0.2) is 0 Å². The highest BCUT2D eigenvalue weighted by molar-refractivity contribution is 6.32. The molecule has 0 radical (unpaired) electrons. The summed E-state index contributed by atoms with van der Waals surface area (Å²) in [6, 6.07) is 14.9. The number of rotatable bonds is 6. The Kier molecular flexibility index (Phi) is 4.47. The van der Waals surface area contributed by atoms with Gasteiger partial charge in [0.2, 0.25) is 0 Å². The van der Waals surface area contributed by atoms with Crippen molar-refractivity contribution in [3.8, 4) is 5.75 Å². The summed E-state index contributed by atoms with van der Waals surface area (Å²) >= 11 is 6.31. The molecule has 0 aromatic heterocycles. The molecule has 0 amide bonds. The van der Waals surface area contributed by atoms with Crippen LogP contribution < -0.4 is 10.1 Å². The molecule has 0 atom stereocenters. The van der Waals surface area contributed by atoms with Gasteiger partial charge in [0.25, 0.3) is 0 Å². The molecular weight excluding hydrogens is 282 g/mol. The minimum absolute atomic E-state index is 0.548. The van der Waals surface area contributed by atoms with Crippen molar-refractivity contribution < 1.29 is 4.74 Å². The second-order valence-electron chi connectivity index (χ2n) is 5.60. The van der Waals surface area contributed by atoms with Gasteiger partial charge in [0.05, 0.1) is 5.02 Å². The number of para-hydroxylation sites is 1. The van der Waals surface area contributed by atoms with Crippen LogP contribution in [0.4, 0.5) is 0 Å². The van der Waals surface area contributed by atoms with Crippen molar-refractivity contribution in [2.24, 2.45) is 0 Å². The first-order valence-electron chi connectivity index (χ1n) is 7.42. The zero-order chi connectivity index (χ0) is 14.7. The van der Waals surface area contributed by atoms with Gasteiger partial charge in [-0.1, -0.05) is 48.0 Å². The Labute approximate surface area is 131 Å². The number of nitrogens with one attached hydrogen (secondary N) is 1. The molecular formula is C18H20ClNO. The number of ether oxygens (including phenoxy) is 1. The van der Waals surface area contributed by atoms with Crippen LogP contribution in [0.25, 0.3) is 0 Å². The monoisotopic (exact) mass is 301 g/mol. The van der Waals surface area contributed by atoms with Gasteiger partial charge in [-0.3, -0.25) is 0 Å². The fourth-order valence-electron chi connectivity index (χ4n) is 2.32. The van der Waals surface area contributed by atoms with Crippen molar-refractivity contribution in [3.05, 3.63) is 64.2 Å². The van der Waals surface area contributed by atoms with Gasteiger partial charge in [-0.15, -0.1) is 0 Å². The summed E-state index contributed by atoms with van der Waals surface area (Å²) < 4.78 is 6.02. The summed E-state index contributed by atoms with van der Waals surface area (Å²) in [4.78, 5) is 0. The van der Waals surface area contributed by atoms with Crippen LogP contribution in [0.3, 0.4) is 0 Å². The third-order valence-corrected chi connectivity index (χ3v) is 4.14. The highest BCUT2D eigenvalue weighted by Crippen LogP contribution is 2.30. The number of hydrogen-bond acceptors (Lipinski definition) is 2. The number of benzene rings is 2. The van der Waals surface area contributed by atoms with Crippen LogP contribution in [0.2, 0.25) is 5.02 Å². The summed E-state index contributed by atoms with van der Waals surface area (Å²) in [5, 5.41) is 4.19. The Morgan fingerprint density at radius 3 is 2.62 bits per heavy atom. The molecule has 0 aliphatic heterocycles. The standard InChI is InChI=1S/C18H20ClNO/c1-13-5-2-3-6-15(13)12-21-18-14(7-4-8-17(18)19)11-20-16-9-10-16/h2-8,16,20H,9-12H2,1H3. The lowest BCUT2D eigenvalue weighted by atomic mass is 10.1. The first-order valence-corrected chi connectivity index (χ1v) is 7.80. The molecule has 0 unspecified atom stereocenters. The molecule has 2 aromatic rings. The Hall–Kier alpha value is -1.51. The Morgan fingerprint density at radius 1 is 1.10 bits per heavy atom. The predicted molar refractivity (Wildman–Crippen MR) is 86.8 cm³/mol. The molecule has 21 heavy (non-hydrogen) atoms. The molecule has 1 fully saturated rings. The van der Waals surface area contributed by atoms with Crippen molar-refractivity contribution in [3.63, 3.8) is 0 Å². The van der Waals surface area contributed by atoms with Crippen molar-refractivity contribution in [1.29, 1.82) is 0 Å². The van der Waals surface area contributed by atoms with Crippen LogP contribution in [0, 0.1) is 6.92 Å². The average Bonchev–Trinajstić information content (AvgIpc) is 3.30. The van der Waals surface area contributed by atoms with E-state index in [1.807, 2.05) is 24.3 Å². The van der Waals surface area contributed by atoms with E-state index >= 15 is 0 Å². The third-order valence-electron chi connectivity index (χ3n) is 3.84. The lowest BCUT2D eigenvalue weighted by Gasteiger charge is -2.14. The van der Waals surface area contributed by atoms with E-state index in [-0.39, 0.29) is 0 Å². The highest BCUT2D eigenvalue weighted by atomic mass is 35.5. The van der Waals surface area contributed by atoms with Crippen molar-refractivity contribution >= 4 is 11.6 Å². The number of halogens is 1. The summed E-state index contributed by atoms with van der Waals surface area (Å²) in [5.74, 6) is 0.801. The molecule has 2 nitrogen and oxygen atoms in total. The Balaban J connectivity index is 1.72. The Morgan fingerprint density at radius 2 is 1.86 bits per heavy atom. The maximum atomic E-state index is 6.31. The van der Waals surface area contributed by atoms with Gasteiger partial charge in [0, 0.05) is 18.2 Å². The molecule has 0 saturated heterocycles. The predicted octanol–water partition coefficient (Wildman–Crippen LogP) is 4.48. The maximum Gasteiger partial charge on any atom is 0.142 e. The Bertz CT molecular complexity index is 622. The number of hydrogen-bond donors (Lipinski definition) is 1. The molecule has 110 valence electrons. The van der Waals surface area contributed by atoms with E-state index in [0.717, 1.165) is 17.9 Å². The second kappa shape index (κ2) is 6.50. The smallest absolute Gasteiger partial charge is 0.142 e. The first kappa shape index (κ1) is 14.4. The van der Waals surface area contributed by atoms with Crippen LogP contribution in [-0.2, 0) is 13.2 Å². The van der Waals surface area contributed by atoms with Gasteiger partial charge in [-0.2, -0.15) is 0 Å². The van der Waals surface area contributed by atoms with E-state index in [1.54, 1.807) is 0 Å². The van der Waals surface area contributed by atoms with E-state index < -0.39 is 0 Å². The van der Waals surface area contributed by atoms with Gasteiger partial charge in [-0.05, 0) is 37.0 Å². The highest BCUT2D eigenvalue weighted by Gasteiger charge is 2.21. The van der Waals surface area contributed by atoms with Crippen LogP contribution in [0.1, 0.15) is 29.5 Å². The molecule has 1 saturated carbocycles. The molecule has 1 N–H and O–H groups in total. The quantitative estimate of drug-likeness (QED) is 0.849. The number of aryl methyl sites for hydroxylation is 1. The maximum absolute atomic E-state index is 6.31. The molecule has 2 aromatic carbocycles. The van der Waals surface area contributed by atoms with Gasteiger partial charge >= 0.3 is 0 Å². The average molecular weight is 302 g/mol. The van der Waals surface area contributed by atoms with Crippen molar-refractivity contribution in [2.45, 2.75) is 39.0 Å². The van der Waals surface area contributed by atoms with E-state index in [0.29, 0.717) is 17.7 Å². The molecule has 1 aliphatic carbocycles.